The van der Waals surface area contributed by atoms with Gasteiger partial charge in [0.15, 0.2) is 27.3 Å². The number of halogens is 4. The van der Waals surface area contributed by atoms with E-state index in [1.807, 2.05) is 0 Å². The van der Waals surface area contributed by atoms with E-state index in [0.29, 0.717) is 38.0 Å². The molecule has 13 heteroatoms. The largest absolute Gasteiger partial charge is 0.387 e. The molecule has 5 atom stereocenters. The van der Waals surface area contributed by atoms with Gasteiger partial charge in [-0.3, -0.25) is 9.59 Å². The highest BCUT2D eigenvalue weighted by atomic mass is 35.5. The van der Waals surface area contributed by atoms with E-state index in [0.717, 1.165) is 18.9 Å². The molecule has 2 aliphatic carbocycles. The third kappa shape index (κ3) is 5.84. The van der Waals surface area contributed by atoms with Crippen molar-refractivity contribution >= 4 is 38.9 Å². The topological polar surface area (TPSA) is 122 Å². The number of ether oxygens (including phenoxy) is 1. The van der Waals surface area contributed by atoms with Gasteiger partial charge in [0.2, 0.25) is 5.91 Å². The van der Waals surface area contributed by atoms with Crippen LogP contribution in [0.5, 0.6) is 0 Å². The molecule has 5 rings (SSSR count). The zero-order chi connectivity index (χ0) is 29.5. The number of carbonyl (C=O) groups excluding carboxylic acids is 2. The Morgan fingerprint density at radius 1 is 1.02 bits per heavy atom. The molecule has 2 unspecified atom stereocenters. The maximum Gasteiger partial charge on any atom is 0.255 e. The Morgan fingerprint density at radius 2 is 1.68 bits per heavy atom. The van der Waals surface area contributed by atoms with Gasteiger partial charge in [-0.05, 0) is 75.0 Å². The summed E-state index contributed by atoms with van der Waals surface area (Å²) in [6.07, 6.45) is 3.36. The summed E-state index contributed by atoms with van der Waals surface area (Å²) >= 11 is 6.27. The lowest BCUT2D eigenvalue weighted by Gasteiger charge is -2.42. The predicted molar refractivity (Wildman–Crippen MR) is 144 cm³/mol. The Hall–Kier alpha value is -2.67. The maximum atomic E-state index is 13.7. The van der Waals surface area contributed by atoms with Crippen LogP contribution in [-0.4, -0.2) is 55.4 Å². The minimum absolute atomic E-state index is 0.00871. The average Bonchev–Trinajstić information content (AvgIpc) is 3.10. The number of hydrogen-bond donors (Lipinski definition) is 3. The number of sulfone groups is 1. The van der Waals surface area contributed by atoms with E-state index >= 15 is 0 Å². The number of rotatable bonds is 7. The zero-order valence-corrected chi connectivity index (χ0v) is 23.5. The van der Waals surface area contributed by atoms with Gasteiger partial charge in [0, 0.05) is 36.5 Å². The summed E-state index contributed by atoms with van der Waals surface area (Å²) < 4.78 is 73.4. The quantitative estimate of drug-likeness (QED) is 0.398. The second kappa shape index (κ2) is 11.5. The number of nitrogens with one attached hydrogen (secondary N) is 2. The van der Waals surface area contributed by atoms with Crippen molar-refractivity contribution in [3.05, 3.63) is 58.4 Å². The molecule has 1 saturated heterocycles. The Kier molecular flexibility index (Phi) is 8.39. The van der Waals surface area contributed by atoms with Crippen LogP contribution in [-0.2, 0) is 19.4 Å². The highest BCUT2D eigenvalue weighted by Gasteiger charge is 2.55. The third-order valence-electron chi connectivity index (χ3n) is 8.57. The lowest BCUT2D eigenvalue weighted by Crippen LogP contribution is -2.56. The van der Waals surface area contributed by atoms with Gasteiger partial charge < -0.3 is 20.5 Å². The fourth-order valence-corrected chi connectivity index (χ4v) is 8.72. The molecule has 3 aliphatic rings. The first kappa shape index (κ1) is 29.8. The maximum absolute atomic E-state index is 13.7. The first-order chi connectivity index (χ1) is 19.4. The van der Waals surface area contributed by atoms with Gasteiger partial charge in [-0.25, -0.2) is 21.6 Å². The van der Waals surface area contributed by atoms with Gasteiger partial charge in [-0.15, -0.1) is 0 Å². The number of aliphatic hydroxyl groups is 1. The Bertz CT molecular complexity index is 1430. The Labute approximate surface area is 240 Å². The van der Waals surface area contributed by atoms with Crippen LogP contribution in [0.15, 0.2) is 35.2 Å². The lowest BCUT2D eigenvalue weighted by atomic mass is 9.74. The first-order valence-corrected chi connectivity index (χ1v) is 15.4. The normalized spacial score (nSPS) is 27.8. The van der Waals surface area contributed by atoms with E-state index in [9.17, 15) is 36.3 Å². The number of carbonyl (C=O) groups is 2. The van der Waals surface area contributed by atoms with Gasteiger partial charge in [0.1, 0.15) is 6.10 Å². The van der Waals surface area contributed by atoms with Gasteiger partial charge >= 0.3 is 0 Å². The molecule has 2 saturated carbocycles. The molecule has 2 bridgehead atoms. The van der Waals surface area contributed by atoms with Crippen molar-refractivity contribution in [3.8, 4) is 0 Å². The van der Waals surface area contributed by atoms with E-state index in [4.69, 9.17) is 16.3 Å². The molecule has 2 amide bonds. The second-order valence-electron chi connectivity index (χ2n) is 11.0. The molecule has 8 nitrogen and oxygen atoms in total. The number of fused-ring (bicyclic) bond motifs is 2. The fourth-order valence-electron chi connectivity index (χ4n) is 6.32. The molecule has 0 aromatic heterocycles. The van der Waals surface area contributed by atoms with Crippen molar-refractivity contribution in [1.29, 1.82) is 0 Å². The Morgan fingerprint density at radius 3 is 2.29 bits per heavy atom. The molecule has 0 radical (unpaired) electrons. The van der Waals surface area contributed by atoms with E-state index in [1.54, 1.807) is 0 Å². The standard InChI is InChI=1S/C28H30ClF3N2O6S/c29-20-7-4-15(26(35)34-18-12-21(30)25(32)22(31)13-18)9-24(20)41(38,39)19-10-16-5-6-17(11-19)28(16,37)14-33-27(36)23-3-1-2-8-40-23/h4,7,9,12-13,16-17,19,23,37H,1-3,5-6,8,10-11,14H2,(H,33,36)(H,34,35)/t16-,17?,19-,23?,28-/m0/s1. The molecule has 3 fully saturated rings. The molecule has 2 aromatic carbocycles. The fraction of sp³-hybridized carbons (Fsp3) is 0.500. The molecule has 1 aliphatic heterocycles. The van der Waals surface area contributed by atoms with Gasteiger partial charge in [-0.1, -0.05) is 11.6 Å². The van der Waals surface area contributed by atoms with Gasteiger partial charge in [0.25, 0.3) is 5.91 Å². The van der Waals surface area contributed by atoms with Gasteiger partial charge in [-0.2, -0.15) is 0 Å². The summed E-state index contributed by atoms with van der Waals surface area (Å²) in [5.74, 6) is -6.57. The highest BCUT2D eigenvalue weighted by molar-refractivity contribution is 7.92. The van der Waals surface area contributed by atoms with Gasteiger partial charge in [0.05, 0.1) is 20.8 Å². The second-order valence-corrected chi connectivity index (χ2v) is 13.6. The van der Waals surface area contributed by atoms with Crippen LogP contribution in [0.2, 0.25) is 5.02 Å². The van der Waals surface area contributed by atoms with Crippen LogP contribution in [0.3, 0.4) is 0 Å². The summed E-state index contributed by atoms with van der Waals surface area (Å²) in [6, 6.07) is 4.80. The number of benzene rings is 2. The molecule has 1 heterocycles. The van der Waals surface area contributed by atoms with Crippen molar-refractivity contribution in [3.63, 3.8) is 0 Å². The Balaban J connectivity index is 1.30. The van der Waals surface area contributed by atoms with Crippen LogP contribution >= 0.6 is 11.6 Å². The minimum atomic E-state index is -4.07. The molecular formula is C28H30ClF3N2O6S. The third-order valence-corrected chi connectivity index (χ3v) is 11.2. The number of anilines is 1. The summed E-state index contributed by atoms with van der Waals surface area (Å²) in [6.45, 7) is 0.524. The summed E-state index contributed by atoms with van der Waals surface area (Å²) in [7, 11) is -4.07. The van der Waals surface area contributed by atoms with Crippen molar-refractivity contribution < 1.29 is 41.0 Å². The zero-order valence-electron chi connectivity index (χ0n) is 22.0. The minimum Gasteiger partial charge on any atom is -0.387 e. The van der Waals surface area contributed by atoms with E-state index < -0.39 is 50.2 Å². The summed E-state index contributed by atoms with van der Waals surface area (Å²) in [4.78, 5) is 25.1. The molecular weight excluding hydrogens is 585 g/mol. The molecule has 41 heavy (non-hydrogen) atoms. The van der Waals surface area contributed by atoms with Crippen molar-refractivity contribution in [2.75, 3.05) is 18.5 Å². The van der Waals surface area contributed by atoms with E-state index in [1.165, 1.54) is 12.1 Å². The van der Waals surface area contributed by atoms with E-state index in [-0.39, 0.29) is 58.3 Å². The van der Waals surface area contributed by atoms with Crippen molar-refractivity contribution in [1.82, 2.24) is 5.32 Å². The van der Waals surface area contributed by atoms with Crippen molar-refractivity contribution in [2.24, 2.45) is 11.8 Å². The average molecular weight is 615 g/mol. The van der Waals surface area contributed by atoms with Crippen LogP contribution in [0.25, 0.3) is 0 Å². The van der Waals surface area contributed by atoms with Crippen LogP contribution in [0.1, 0.15) is 55.3 Å². The number of amides is 2. The first-order valence-electron chi connectivity index (χ1n) is 13.5. The monoisotopic (exact) mass is 614 g/mol. The van der Waals surface area contributed by atoms with Crippen LogP contribution in [0.4, 0.5) is 18.9 Å². The lowest BCUT2D eigenvalue weighted by molar-refractivity contribution is -0.138. The molecule has 3 N–H and O–H groups in total. The smallest absolute Gasteiger partial charge is 0.255 e. The van der Waals surface area contributed by atoms with Crippen LogP contribution < -0.4 is 10.6 Å². The SMILES string of the molecule is O=C(Nc1cc(F)c(F)c(F)c1)c1ccc(Cl)c(S(=O)(=O)[C@@H]2CC3CC[C@@H](C2)[C@@]3(O)CNC(=O)C2CCCCO2)c1. The summed E-state index contributed by atoms with van der Waals surface area (Å²) in [5, 5.41) is 15.6. The summed E-state index contributed by atoms with van der Waals surface area (Å²) in [5.41, 5.74) is -1.74. The van der Waals surface area contributed by atoms with Crippen LogP contribution in [0, 0.1) is 29.3 Å². The van der Waals surface area contributed by atoms with Crippen molar-refractivity contribution in [2.45, 2.75) is 66.8 Å². The van der Waals surface area contributed by atoms with E-state index in [2.05, 4.69) is 10.6 Å². The predicted octanol–water partition coefficient (Wildman–Crippen LogP) is 4.39. The molecule has 0 spiro atoms. The molecule has 222 valence electrons. The highest BCUT2D eigenvalue weighted by Crippen LogP contribution is 2.52. The number of hydrogen-bond acceptors (Lipinski definition) is 6. The molecule has 2 aromatic rings.